The molecule has 0 radical (unpaired) electrons. The Bertz CT molecular complexity index is 266. The topological polar surface area (TPSA) is 25.8 Å². The van der Waals surface area contributed by atoms with E-state index in [1.807, 2.05) is 0 Å². The molecule has 1 rings (SSSR count). The third-order valence-electron chi connectivity index (χ3n) is 1.57. The van der Waals surface area contributed by atoms with Crippen LogP contribution in [0.2, 0.25) is 0 Å². The summed E-state index contributed by atoms with van der Waals surface area (Å²) in [5.74, 6) is 1.88. The van der Waals surface area contributed by atoms with E-state index in [4.69, 9.17) is 0 Å². The zero-order valence-corrected chi connectivity index (χ0v) is 10.2. The Morgan fingerprint density at radius 1 is 1.54 bits per heavy atom. The van der Waals surface area contributed by atoms with E-state index in [1.54, 1.807) is 24.3 Å². The Balaban J connectivity index is 2.41. The fraction of sp³-hybridized carbons (Fsp3) is 0.556. The Kier molecular flexibility index (Phi) is 4.73. The van der Waals surface area contributed by atoms with E-state index in [9.17, 15) is 0 Å². The quantitative estimate of drug-likeness (QED) is 0.613. The molecule has 0 unspecified atom stereocenters. The Hall–Kier alpha value is -0.0900. The lowest BCUT2D eigenvalue weighted by atomic mass is 10.2. The molecule has 72 valence electrons. The summed E-state index contributed by atoms with van der Waals surface area (Å²) >= 11 is 5.20. The van der Waals surface area contributed by atoms with Gasteiger partial charge in [0, 0.05) is 6.20 Å². The number of nitrogens with zero attached hydrogens (tertiary/aromatic N) is 2. The molecule has 0 amide bonds. The van der Waals surface area contributed by atoms with Gasteiger partial charge in [-0.25, -0.2) is 9.97 Å². The minimum absolute atomic E-state index is 0.758. The molecule has 4 heteroatoms. The molecule has 0 aliphatic heterocycles. The third kappa shape index (κ3) is 4.09. The summed E-state index contributed by atoms with van der Waals surface area (Å²) < 4.78 is 0.990. The van der Waals surface area contributed by atoms with Crippen LogP contribution in [0.25, 0.3) is 0 Å². The highest BCUT2D eigenvalue weighted by Gasteiger charge is 2.01. The summed E-state index contributed by atoms with van der Waals surface area (Å²) in [6.07, 6.45) is 4.59. The molecule has 0 aromatic carbocycles. The fourth-order valence-corrected chi connectivity index (χ4v) is 2.46. The molecule has 0 fully saturated rings. The second-order valence-electron chi connectivity index (χ2n) is 3.21. The summed E-state index contributed by atoms with van der Waals surface area (Å²) in [4.78, 5) is 8.10. The molecule has 0 spiro atoms. The smallest absolute Gasteiger partial charge is 0.116 e. The standard InChI is InChI=1S/C9H13BrN2S/c1-7(2)3-4-13-9-8(10)5-11-6-12-9/h5-7H,3-4H2,1-2H3. The van der Waals surface area contributed by atoms with Gasteiger partial charge in [-0.1, -0.05) is 13.8 Å². The molecule has 13 heavy (non-hydrogen) atoms. The fourth-order valence-electron chi connectivity index (χ4n) is 0.799. The third-order valence-corrected chi connectivity index (χ3v) is 3.45. The summed E-state index contributed by atoms with van der Waals surface area (Å²) in [5.41, 5.74) is 0. The van der Waals surface area contributed by atoms with Gasteiger partial charge in [0.1, 0.15) is 11.4 Å². The van der Waals surface area contributed by atoms with E-state index in [-0.39, 0.29) is 0 Å². The van der Waals surface area contributed by atoms with E-state index >= 15 is 0 Å². The second-order valence-corrected chi connectivity index (χ2v) is 5.14. The maximum atomic E-state index is 4.18. The normalized spacial score (nSPS) is 10.8. The van der Waals surface area contributed by atoms with Crippen LogP contribution >= 0.6 is 27.7 Å². The lowest BCUT2D eigenvalue weighted by Gasteiger charge is -2.04. The average Bonchev–Trinajstić information content (AvgIpc) is 2.08. The van der Waals surface area contributed by atoms with E-state index in [0.29, 0.717) is 0 Å². The number of halogens is 1. The maximum absolute atomic E-state index is 4.18. The highest BCUT2D eigenvalue weighted by Crippen LogP contribution is 2.24. The Morgan fingerprint density at radius 3 is 2.92 bits per heavy atom. The van der Waals surface area contributed by atoms with Gasteiger partial charge >= 0.3 is 0 Å². The first-order valence-corrected chi connectivity index (χ1v) is 6.06. The second kappa shape index (κ2) is 5.60. The van der Waals surface area contributed by atoms with Crippen molar-refractivity contribution < 1.29 is 0 Å². The number of rotatable bonds is 4. The minimum Gasteiger partial charge on any atom is -0.244 e. The van der Waals surface area contributed by atoms with E-state index in [2.05, 4.69) is 39.7 Å². The number of hydrogen-bond donors (Lipinski definition) is 0. The lowest BCUT2D eigenvalue weighted by Crippen LogP contribution is -1.91. The van der Waals surface area contributed by atoms with Crippen LogP contribution in [0.15, 0.2) is 22.0 Å². The highest BCUT2D eigenvalue weighted by molar-refractivity contribution is 9.10. The van der Waals surface area contributed by atoms with Crippen molar-refractivity contribution in [2.75, 3.05) is 5.75 Å². The van der Waals surface area contributed by atoms with Crippen molar-refractivity contribution in [1.29, 1.82) is 0 Å². The summed E-state index contributed by atoms with van der Waals surface area (Å²) in [5, 5.41) is 1.04. The summed E-state index contributed by atoms with van der Waals surface area (Å²) in [7, 11) is 0. The molecule has 0 saturated carbocycles. The molecular weight excluding hydrogens is 248 g/mol. The predicted octanol–water partition coefficient (Wildman–Crippen LogP) is 3.38. The predicted molar refractivity (Wildman–Crippen MR) is 59.9 cm³/mol. The minimum atomic E-state index is 0.758. The average molecular weight is 261 g/mol. The Labute approximate surface area is 91.7 Å². The van der Waals surface area contributed by atoms with Gasteiger partial charge in [0.05, 0.1) is 4.47 Å². The van der Waals surface area contributed by atoms with Crippen LogP contribution < -0.4 is 0 Å². The van der Waals surface area contributed by atoms with E-state index in [0.717, 1.165) is 21.2 Å². The van der Waals surface area contributed by atoms with Gasteiger partial charge in [0.15, 0.2) is 0 Å². The first-order valence-electron chi connectivity index (χ1n) is 4.28. The molecule has 0 aliphatic carbocycles. The monoisotopic (exact) mass is 260 g/mol. The van der Waals surface area contributed by atoms with Gasteiger partial charge in [-0.15, -0.1) is 11.8 Å². The van der Waals surface area contributed by atoms with Gasteiger partial charge in [-0.2, -0.15) is 0 Å². The van der Waals surface area contributed by atoms with Gasteiger partial charge in [-0.05, 0) is 34.0 Å². The van der Waals surface area contributed by atoms with Crippen LogP contribution in [0.4, 0.5) is 0 Å². The Morgan fingerprint density at radius 2 is 2.31 bits per heavy atom. The van der Waals surface area contributed by atoms with Crippen molar-refractivity contribution in [3.05, 3.63) is 17.0 Å². The highest BCUT2D eigenvalue weighted by atomic mass is 79.9. The van der Waals surface area contributed by atoms with Crippen molar-refractivity contribution in [2.45, 2.75) is 25.3 Å². The van der Waals surface area contributed by atoms with Crippen LogP contribution in [-0.4, -0.2) is 15.7 Å². The zero-order chi connectivity index (χ0) is 9.68. The van der Waals surface area contributed by atoms with Gasteiger partial charge in [0.2, 0.25) is 0 Å². The molecule has 1 aromatic heterocycles. The van der Waals surface area contributed by atoms with Gasteiger partial charge < -0.3 is 0 Å². The van der Waals surface area contributed by atoms with Gasteiger partial charge in [-0.3, -0.25) is 0 Å². The summed E-state index contributed by atoms with van der Waals surface area (Å²) in [6.45, 7) is 4.46. The van der Waals surface area contributed by atoms with Crippen LogP contribution in [0.5, 0.6) is 0 Å². The van der Waals surface area contributed by atoms with Crippen LogP contribution in [0.3, 0.4) is 0 Å². The van der Waals surface area contributed by atoms with E-state index in [1.165, 1.54) is 6.42 Å². The molecule has 1 heterocycles. The SMILES string of the molecule is CC(C)CCSc1ncncc1Br. The number of thioether (sulfide) groups is 1. The first-order chi connectivity index (χ1) is 6.20. The number of aromatic nitrogens is 2. The maximum Gasteiger partial charge on any atom is 0.116 e. The van der Waals surface area contributed by atoms with Crippen LogP contribution in [0, 0.1) is 5.92 Å². The molecule has 0 atom stereocenters. The van der Waals surface area contributed by atoms with Crippen molar-refractivity contribution in [1.82, 2.24) is 9.97 Å². The largest absolute Gasteiger partial charge is 0.244 e. The van der Waals surface area contributed by atoms with Crippen LogP contribution in [0.1, 0.15) is 20.3 Å². The van der Waals surface area contributed by atoms with Crippen molar-refractivity contribution in [3.8, 4) is 0 Å². The van der Waals surface area contributed by atoms with Crippen molar-refractivity contribution in [3.63, 3.8) is 0 Å². The number of hydrogen-bond acceptors (Lipinski definition) is 3. The molecule has 0 bridgehead atoms. The molecule has 0 N–H and O–H groups in total. The summed E-state index contributed by atoms with van der Waals surface area (Å²) in [6, 6.07) is 0. The van der Waals surface area contributed by atoms with Crippen molar-refractivity contribution in [2.24, 2.45) is 5.92 Å². The lowest BCUT2D eigenvalue weighted by molar-refractivity contribution is 0.632. The molecular formula is C9H13BrN2S. The first kappa shape index (κ1) is 11.0. The molecule has 0 saturated heterocycles. The molecule has 0 aliphatic rings. The van der Waals surface area contributed by atoms with Gasteiger partial charge in [0.25, 0.3) is 0 Å². The van der Waals surface area contributed by atoms with E-state index < -0.39 is 0 Å². The zero-order valence-electron chi connectivity index (χ0n) is 7.83. The molecule has 1 aromatic rings. The molecule has 2 nitrogen and oxygen atoms in total. The van der Waals surface area contributed by atoms with Crippen LogP contribution in [-0.2, 0) is 0 Å². The van der Waals surface area contributed by atoms with Crippen molar-refractivity contribution >= 4 is 27.7 Å².